The van der Waals surface area contributed by atoms with Crippen LogP contribution in [0.4, 0.5) is 0 Å². The normalized spacial score (nSPS) is 16.3. The van der Waals surface area contributed by atoms with Gasteiger partial charge < -0.3 is 19.9 Å². The molecule has 0 radical (unpaired) electrons. The minimum Gasteiger partial charge on any atom is -0.497 e. The van der Waals surface area contributed by atoms with Crippen LogP contribution in [-0.4, -0.2) is 77.9 Å². The van der Waals surface area contributed by atoms with Crippen LogP contribution in [-0.2, 0) is 30.1 Å². The van der Waals surface area contributed by atoms with Gasteiger partial charge in [-0.15, -0.1) is 0 Å². The zero-order valence-corrected chi connectivity index (χ0v) is 20.5. The summed E-state index contributed by atoms with van der Waals surface area (Å²) in [6.07, 6.45) is 4.69. The molecule has 1 aliphatic heterocycles. The Hall–Kier alpha value is -3.80. The summed E-state index contributed by atoms with van der Waals surface area (Å²) >= 11 is 0. The average Bonchev–Trinajstić information content (AvgIpc) is 2.82. The van der Waals surface area contributed by atoms with E-state index in [0.717, 1.165) is 5.56 Å². The van der Waals surface area contributed by atoms with Crippen LogP contribution in [0.25, 0.3) is 0 Å². The monoisotopic (exact) mass is 495 g/mol. The summed E-state index contributed by atoms with van der Waals surface area (Å²) in [7, 11) is 0.308. The van der Waals surface area contributed by atoms with Gasteiger partial charge in [-0.1, -0.05) is 44.2 Å². The molecular formula is C24H30BN5O6. The minimum atomic E-state index is -1.29. The second-order valence-electron chi connectivity index (χ2n) is 9.07. The van der Waals surface area contributed by atoms with Crippen molar-refractivity contribution in [3.05, 3.63) is 60.2 Å². The van der Waals surface area contributed by atoms with E-state index in [1.165, 1.54) is 23.5 Å². The molecular weight excluding hydrogens is 465 g/mol. The van der Waals surface area contributed by atoms with E-state index >= 15 is 0 Å². The number of hydrogen-bond donors (Lipinski definition) is 2. The van der Waals surface area contributed by atoms with Crippen molar-refractivity contribution in [3.8, 4) is 0 Å². The Balaban J connectivity index is 1.81. The highest BCUT2D eigenvalue weighted by atomic mass is 16.6. The van der Waals surface area contributed by atoms with Gasteiger partial charge >= 0.3 is 19.1 Å². The van der Waals surface area contributed by atoms with Gasteiger partial charge in [0.1, 0.15) is 11.7 Å². The molecule has 0 unspecified atom stereocenters. The standard InChI is InChI=1S/C24H30BN5O6/c1-16(2)11-20(25-35-21(31)14-30(3)15-22(32)36-25)29-23(33)18(12-17-7-5-4-6-8-17)28-24(34)19-13-26-9-10-27-19/h4-10,13,16,18,20H,11-12,14-15H2,1-3H3,(H,28,34)(H,29,33)/t18-,20-/m0/s1. The Labute approximate surface area is 210 Å². The number of carbonyl (C=O) groups is 4. The van der Waals surface area contributed by atoms with Gasteiger partial charge in [0.2, 0.25) is 5.91 Å². The number of likely N-dealkylation sites (N-methyl/N-ethyl adjacent to an activating group) is 1. The molecule has 0 aliphatic carbocycles. The van der Waals surface area contributed by atoms with E-state index in [1.807, 2.05) is 44.2 Å². The largest absolute Gasteiger partial charge is 0.622 e. The fourth-order valence-electron chi connectivity index (χ4n) is 3.76. The maximum Gasteiger partial charge on any atom is 0.622 e. The number of rotatable bonds is 9. The summed E-state index contributed by atoms with van der Waals surface area (Å²) in [4.78, 5) is 60.2. The molecule has 1 aliphatic rings. The Morgan fingerprint density at radius 1 is 1.06 bits per heavy atom. The number of amides is 2. The Morgan fingerprint density at radius 2 is 1.72 bits per heavy atom. The van der Waals surface area contributed by atoms with Crippen LogP contribution in [0.5, 0.6) is 0 Å². The second kappa shape index (κ2) is 12.8. The van der Waals surface area contributed by atoms with Crippen molar-refractivity contribution < 1.29 is 28.5 Å². The summed E-state index contributed by atoms with van der Waals surface area (Å²) in [5.41, 5.74) is 0.887. The van der Waals surface area contributed by atoms with Gasteiger partial charge in [-0.05, 0) is 24.9 Å². The highest BCUT2D eigenvalue weighted by Gasteiger charge is 2.41. The zero-order valence-electron chi connectivity index (χ0n) is 20.5. The van der Waals surface area contributed by atoms with Crippen molar-refractivity contribution in [2.45, 2.75) is 38.7 Å². The van der Waals surface area contributed by atoms with Crippen molar-refractivity contribution in [2.75, 3.05) is 20.1 Å². The lowest BCUT2D eigenvalue weighted by molar-refractivity contribution is -0.146. The van der Waals surface area contributed by atoms with Crippen molar-refractivity contribution in [2.24, 2.45) is 5.92 Å². The highest BCUT2D eigenvalue weighted by molar-refractivity contribution is 6.51. The smallest absolute Gasteiger partial charge is 0.497 e. The van der Waals surface area contributed by atoms with Crippen LogP contribution in [0.2, 0.25) is 0 Å². The van der Waals surface area contributed by atoms with Gasteiger partial charge in [0.15, 0.2) is 0 Å². The number of carbonyl (C=O) groups excluding carboxylic acids is 4. The first kappa shape index (κ1) is 26.8. The molecule has 12 heteroatoms. The fraction of sp³-hybridized carbons (Fsp3) is 0.417. The molecule has 2 atom stereocenters. The molecule has 2 aromatic rings. The molecule has 3 rings (SSSR count). The Bertz CT molecular complexity index is 1040. The predicted molar refractivity (Wildman–Crippen MR) is 130 cm³/mol. The van der Waals surface area contributed by atoms with Crippen molar-refractivity contribution in [1.29, 1.82) is 0 Å². The topological polar surface area (TPSA) is 140 Å². The number of nitrogens with zero attached hydrogens (tertiary/aromatic N) is 3. The molecule has 11 nitrogen and oxygen atoms in total. The van der Waals surface area contributed by atoms with E-state index in [1.54, 1.807) is 7.05 Å². The lowest BCUT2D eigenvalue weighted by Gasteiger charge is -2.29. The third-order valence-corrected chi connectivity index (χ3v) is 5.38. The fourth-order valence-corrected chi connectivity index (χ4v) is 3.76. The summed E-state index contributed by atoms with van der Waals surface area (Å²) in [6, 6.07) is 8.22. The van der Waals surface area contributed by atoms with Gasteiger partial charge in [0, 0.05) is 18.8 Å². The first-order valence-electron chi connectivity index (χ1n) is 11.7. The minimum absolute atomic E-state index is 0.0640. The molecule has 0 bridgehead atoms. The molecule has 0 spiro atoms. The Kier molecular flexibility index (Phi) is 9.51. The van der Waals surface area contributed by atoms with Gasteiger partial charge in [0.25, 0.3) is 5.91 Å². The van der Waals surface area contributed by atoms with E-state index in [0.29, 0.717) is 6.42 Å². The van der Waals surface area contributed by atoms with E-state index in [-0.39, 0.29) is 31.1 Å². The third-order valence-electron chi connectivity index (χ3n) is 5.38. The molecule has 1 aromatic carbocycles. The quantitative estimate of drug-likeness (QED) is 0.474. The van der Waals surface area contributed by atoms with Gasteiger partial charge in [-0.3, -0.25) is 29.1 Å². The molecule has 2 heterocycles. The van der Waals surface area contributed by atoms with Crippen molar-refractivity contribution in [3.63, 3.8) is 0 Å². The highest BCUT2D eigenvalue weighted by Crippen LogP contribution is 2.13. The molecule has 36 heavy (non-hydrogen) atoms. The van der Waals surface area contributed by atoms with Crippen LogP contribution < -0.4 is 10.6 Å². The average molecular weight is 495 g/mol. The van der Waals surface area contributed by atoms with Crippen LogP contribution in [0, 0.1) is 5.92 Å². The SMILES string of the molecule is CC(C)C[C@H](NC(=O)[C@H](Cc1ccccc1)NC(=O)c1cnccn1)B1OC(=O)CN(C)CC(=O)O1. The zero-order chi connectivity index (χ0) is 26.1. The Morgan fingerprint density at radius 3 is 2.31 bits per heavy atom. The van der Waals surface area contributed by atoms with Crippen LogP contribution >= 0.6 is 0 Å². The number of nitrogens with one attached hydrogen (secondary N) is 2. The van der Waals surface area contributed by atoms with Crippen molar-refractivity contribution >= 4 is 30.9 Å². The van der Waals surface area contributed by atoms with Gasteiger partial charge in [0.05, 0.1) is 25.2 Å². The van der Waals surface area contributed by atoms with Crippen LogP contribution in [0.1, 0.15) is 36.3 Å². The lowest BCUT2D eigenvalue weighted by atomic mass is 9.73. The van der Waals surface area contributed by atoms with Gasteiger partial charge in [-0.25, -0.2) is 4.98 Å². The first-order chi connectivity index (χ1) is 17.2. The first-order valence-corrected chi connectivity index (χ1v) is 11.7. The van der Waals surface area contributed by atoms with Crippen LogP contribution in [0.15, 0.2) is 48.9 Å². The maximum atomic E-state index is 13.5. The van der Waals surface area contributed by atoms with E-state index in [2.05, 4.69) is 20.6 Å². The molecule has 2 N–H and O–H groups in total. The van der Waals surface area contributed by atoms with Crippen molar-refractivity contribution in [1.82, 2.24) is 25.5 Å². The van der Waals surface area contributed by atoms with E-state index < -0.39 is 42.9 Å². The summed E-state index contributed by atoms with van der Waals surface area (Å²) < 4.78 is 10.8. The van der Waals surface area contributed by atoms with Gasteiger partial charge in [-0.2, -0.15) is 0 Å². The number of aromatic nitrogens is 2. The molecule has 1 saturated heterocycles. The predicted octanol–water partition coefficient (Wildman–Crippen LogP) is 0.408. The maximum absolute atomic E-state index is 13.5. The molecule has 1 aromatic heterocycles. The number of hydrogen-bond acceptors (Lipinski definition) is 9. The molecule has 2 amide bonds. The molecule has 0 saturated carbocycles. The summed E-state index contributed by atoms with van der Waals surface area (Å²) in [5, 5.41) is 5.55. The van der Waals surface area contributed by atoms with E-state index in [4.69, 9.17) is 9.31 Å². The summed E-state index contributed by atoms with van der Waals surface area (Å²) in [5.74, 6) is -2.98. The third kappa shape index (κ3) is 8.16. The van der Waals surface area contributed by atoms with E-state index in [9.17, 15) is 19.2 Å². The summed E-state index contributed by atoms with van der Waals surface area (Å²) in [6.45, 7) is 3.69. The molecule has 190 valence electrons. The lowest BCUT2D eigenvalue weighted by Crippen LogP contribution is -2.58. The molecule has 1 fully saturated rings. The number of benzene rings is 1. The van der Waals surface area contributed by atoms with Crippen LogP contribution in [0.3, 0.4) is 0 Å². The second-order valence-corrected chi connectivity index (χ2v) is 9.07.